The normalized spacial score (nSPS) is 15.3. The molecule has 0 amide bonds. The minimum atomic E-state index is 0.299. The summed E-state index contributed by atoms with van der Waals surface area (Å²) in [5, 5.41) is 4.29. The minimum absolute atomic E-state index is 0.299. The molecule has 0 aliphatic carbocycles. The van der Waals surface area contributed by atoms with Gasteiger partial charge in [0.15, 0.2) is 0 Å². The summed E-state index contributed by atoms with van der Waals surface area (Å²) in [6.45, 7) is 10.6. The van der Waals surface area contributed by atoms with E-state index in [1.807, 2.05) is 30.7 Å². The fourth-order valence-electron chi connectivity index (χ4n) is 4.18. The first-order valence-electron chi connectivity index (χ1n) is 10.8. The molecule has 1 aliphatic heterocycles. The maximum absolute atomic E-state index is 4.83. The summed E-state index contributed by atoms with van der Waals surface area (Å²) in [4.78, 5) is 23.4. The Balaban J connectivity index is 1.46. The molecule has 1 aromatic carbocycles. The van der Waals surface area contributed by atoms with Gasteiger partial charge in [-0.2, -0.15) is 0 Å². The van der Waals surface area contributed by atoms with Crippen molar-refractivity contribution in [3.05, 3.63) is 42.5 Å². The van der Waals surface area contributed by atoms with Crippen LogP contribution in [0.1, 0.15) is 25.6 Å². The molecule has 0 saturated carbocycles. The van der Waals surface area contributed by atoms with Gasteiger partial charge in [-0.1, -0.05) is 0 Å². The van der Waals surface area contributed by atoms with Gasteiger partial charge in [0.2, 0.25) is 5.95 Å². The first kappa shape index (κ1) is 19.7. The Hall–Kier alpha value is -3.26. The van der Waals surface area contributed by atoms with Gasteiger partial charge < -0.3 is 19.7 Å². The molecule has 4 aromatic rings. The Morgan fingerprint density at radius 1 is 0.968 bits per heavy atom. The van der Waals surface area contributed by atoms with E-state index in [0.717, 1.165) is 59.6 Å². The molecule has 1 fully saturated rings. The van der Waals surface area contributed by atoms with E-state index >= 15 is 0 Å². The van der Waals surface area contributed by atoms with Crippen LogP contribution in [0.4, 0.5) is 17.5 Å². The summed E-state index contributed by atoms with van der Waals surface area (Å²) in [5.74, 6) is 1.29. The van der Waals surface area contributed by atoms with Crippen molar-refractivity contribution < 1.29 is 0 Å². The van der Waals surface area contributed by atoms with E-state index in [1.165, 1.54) is 5.69 Å². The number of nitrogens with zero attached hydrogens (tertiary/aromatic N) is 7. The van der Waals surface area contributed by atoms with Gasteiger partial charge in [-0.15, -0.1) is 0 Å². The van der Waals surface area contributed by atoms with E-state index in [2.05, 4.69) is 63.5 Å². The molecule has 8 heteroatoms. The van der Waals surface area contributed by atoms with Crippen LogP contribution < -0.4 is 10.2 Å². The maximum atomic E-state index is 4.83. The van der Waals surface area contributed by atoms with Gasteiger partial charge in [-0.05, 0) is 52.1 Å². The second-order valence-corrected chi connectivity index (χ2v) is 8.53. The van der Waals surface area contributed by atoms with E-state index in [1.54, 1.807) is 0 Å². The predicted octanol–water partition coefficient (Wildman–Crippen LogP) is 3.76. The zero-order valence-electron chi connectivity index (χ0n) is 18.5. The zero-order chi connectivity index (χ0) is 21.5. The van der Waals surface area contributed by atoms with Crippen LogP contribution in [-0.4, -0.2) is 62.6 Å². The molecule has 0 radical (unpaired) electrons. The molecule has 1 aliphatic rings. The molecule has 0 spiro atoms. The number of pyridine rings is 1. The summed E-state index contributed by atoms with van der Waals surface area (Å²) in [6, 6.07) is 8.49. The van der Waals surface area contributed by atoms with Crippen LogP contribution in [-0.2, 0) is 0 Å². The predicted molar refractivity (Wildman–Crippen MR) is 125 cm³/mol. The van der Waals surface area contributed by atoms with Crippen molar-refractivity contribution in [1.29, 1.82) is 0 Å². The highest BCUT2D eigenvalue weighted by Gasteiger charge is 2.17. The number of fused-ring (bicyclic) bond motifs is 3. The van der Waals surface area contributed by atoms with Crippen molar-refractivity contribution in [2.45, 2.75) is 26.8 Å². The average Bonchev–Trinajstić information content (AvgIpc) is 3.20. The number of rotatable bonds is 4. The first-order valence-corrected chi connectivity index (χ1v) is 10.8. The van der Waals surface area contributed by atoms with Crippen molar-refractivity contribution >= 4 is 39.4 Å². The Kier molecular flexibility index (Phi) is 4.94. The summed E-state index contributed by atoms with van der Waals surface area (Å²) in [5.41, 5.74) is 5.08. The third kappa shape index (κ3) is 3.67. The average molecular weight is 417 g/mol. The first-order chi connectivity index (χ1) is 15.0. The maximum Gasteiger partial charge on any atom is 0.228 e. The largest absolute Gasteiger partial charge is 0.368 e. The SMILES string of the molecule is Cc1nc(Nc2ncc3ccc4ncn(C(C)C)c4c3n2)ccc1N1CCN(C)CC1. The lowest BCUT2D eigenvalue weighted by Crippen LogP contribution is -2.44. The molecule has 8 nitrogen and oxygen atoms in total. The van der Waals surface area contributed by atoms with Crippen molar-refractivity contribution in [2.24, 2.45) is 0 Å². The fourth-order valence-corrected chi connectivity index (χ4v) is 4.18. The Morgan fingerprint density at radius 3 is 2.52 bits per heavy atom. The van der Waals surface area contributed by atoms with E-state index in [-0.39, 0.29) is 0 Å². The molecule has 0 unspecified atom stereocenters. The van der Waals surface area contributed by atoms with Crippen molar-refractivity contribution in [3.8, 4) is 0 Å². The lowest BCUT2D eigenvalue weighted by atomic mass is 10.2. The van der Waals surface area contributed by atoms with Gasteiger partial charge in [0.1, 0.15) is 11.3 Å². The lowest BCUT2D eigenvalue weighted by molar-refractivity contribution is 0.312. The monoisotopic (exact) mass is 416 g/mol. The third-order valence-corrected chi connectivity index (χ3v) is 5.98. The van der Waals surface area contributed by atoms with Crippen LogP contribution in [0.15, 0.2) is 36.8 Å². The van der Waals surface area contributed by atoms with Crippen LogP contribution in [0, 0.1) is 6.92 Å². The Labute approximate surface area is 181 Å². The number of anilines is 3. The van der Waals surface area contributed by atoms with Gasteiger partial charge in [-0.3, -0.25) is 0 Å². The number of benzene rings is 1. The van der Waals surface area contributed by atoms with Crippen LogP contribution in [0.2, 0.25) is 0 Å². The number of piperazine rings is 1. The van der Waals surface area contributed by atoms with Gasteiger partial charge in [-0.25, -0.2) is 19.9 Å². The molecule has 5 rings (SSSR count). The smallest absolute Gasteiger partial charge is 0.228 e. The number of likely N-dealkylation sites (N-methyl/N-ethyl adjacent to an activating group) is 1. The van der Waals surface area contributed by atoms with Gasteiger partial charge in [0.05, 0.1) is 28.7 Å². The summed E-state index contributed by atoms with van der Waals surface area (Å²) < 4.78 is 2.15. The van der Waals surface area contributed by atoms with Gasteiger partial charge >= 0.3 is 0 Å². The molecule has 160 valence electrons. The zero-order valence-corrected chi connectivity index (χ0v) is 18.5. The number of imidazole rings is 1. The van der Waals surface area contributed by atoms with Crippen molar-refractivity contribution in [1.82, 2.24) is 29.4 Å². The van der Waals surface area contributed by atoms with E-state index < -0.39 is 0 Å². The molecular weight excluding hydrogens is 388 g/mol. The lowest BCUT2D eigenvalue weighted by Gasteiger charge is -2.34. The molecule has 1 saturated heterocycles. The molecule has 31 heavy (non-hydrogen) atoms. The summed E-state index contributed by atoms with van der Waals surface area (Å²) in [7, 11) is 2.17. The molecule has 0 bridgehead atoms. The third-order valence-electron chi connectivity index (χ3n) is 5.98. The number of hydrogen-bond donors (Lipinski definition) is 1. The Bertz CT molecular complexity index is 1240. The van der Waals surface area contributed by atoms with Crippen molar-refractivity contribution in [2.75, 3.05) is 43.4 Å². The van der Waals surface area contributed by atoms with Crippen LogP contribution in [0.5, 0.6) is 0 Å². The minimum Gasteiger partial charge on any atom is -0.368 e. The highest BCUT2D eigenvalue weighted by molar-refractivity contribution is 6.02. The van der Waals surface area contributed by atoms with Crippen LogP contribution >= 0.6 is 0 Å². The molecule has 1 N–H and O–H groups in total. The summed E-state index contributed by atoms with van der Waals surface area (Å²) in [6.07, 6.45) is 3.74. The van der Waals surface area contributed by atoms with E-state index in [0.29, 0.717) is 12.0 Å². The highest BCUT2D eigenvalue weighted by atomic mass is 15.3. The van der Waals surface area contributed by atoms with Crippen LogP contribution in [0.25, 0.3) is 21.9 Å². The molecule has 3 aromatic heterocycles. The summed E-state index contributed by atoms with van der Waals surface area (Å²) >= 11 is 0. The number of hydrogen-bond acceptors (Lipinski definition) is 7. The standard InChI is InChI=1S/C23H28N8/c1-15(2)31-14-25-18-6-5-17-13-24-23(28-21(17)22(18)31)27-20-8-7-19(16(3)26-20)30-11-9-29(4)10-12-30/h5-8,13-15H,9-12H2,1-4H3,(H,24,26,27,28). The molecule has 4 heterocycles. The second kappa shape index (κ2) is 7.77. The van der Waals surface area contributed by atoms with Crippen LogP contribution in [0.3, 0.4) is 0 Å². The second-order valence-electron chi connectivity index (χ2n) is 8.53. The fraction of sp³-hybridized carbons (Fsp3) is 0.391. The van der Waals surface area contributed by atoms with Crippen molar-refractivity contribution in [3.63, 3.8) is 0 Å². The highest BCUT2D eigenvalue weighted by Crippen LogP contribution is 2.27. The van der Waals surface area contributed by atoms with Gasteiger partial charge in [0.25, 0.3) is 0 Å². The number of nitrogens with one attached hydrogen (secondary N) is 1. The molecular formula is C23H28N8. The number of aryl methyl sites for hydroxylation is 1. The Morgan fingerprint density at radius 2 is 1.77 bits per heavy atom. The quantitative estimate of drug-likeness (QED) is 0.543. The topological polar surface area (TPSA) is 75.0 Å². The number of aromatic nitrogens is 5. The van der Waals surface area contributed by atoms with Gasteiger partial charge in [0, 0.05) is 43.8 Å². The molecule has 0 atom stereocenters. The van der Waals surface area contributed by atoms with E-state index in [4.69, 9.17) is 9.97 Å². The van der Waals surface area contributed by atoms with E-state index in [9.17, 15) is 0 Å².